The van der Waals surface area contributed by atoms with Crippen LogP contribution in [0, 0.1) is 6.92 Å². The third-order valence-electron chi connectivity index (χ3n) is 3.41. The van der Waals surface area contributed by atoms with Crippen LogP contribution in [0.3, 0.4) is 0 Å². The van der Waals surface area contributed by atoms with Crippen LogP contribution in [0.15, 0.2) is 23.6 Å². The van der Waals surface area contributed by atoms with Crippen LogP contribution in [0.5, 0.6) is 5.88 Å². The maximum absolute atomic E-state index is 12.1. The standard InChI is InChI=1S/C16H20ClN5O2S/c1-4-22(5-2)16(23)24-14-6-10(3)20-15(21-14)25-9-11-12(17)7-19-8-13(11)18/h6-8H,4-5,9,18H2,1-3H3. The van der Waals surface area contributed by atoms with Crippen molar-refractivity contribution in [2.75, 3.05) is 18.8 Å². The number of aryl methyl sites for hydroxylation is 1. The van der Waals surface area contributed by atoms with Gasteiger partial charge in [0, 0.05) is 42.4 Å². The van der Waals surface area contributed by atoms with Crippen molar-refractivity contribution in [3.8, 4) is 5.88 Å². The van der Waals surface area contributed by atoms with E-state index in [0.717, 1.165) is 5.56 Å². The molecule has 0 spiro atoms. The van der Waals surface area contributed by atoms with E-state index in [4.69, 9.17) is 22.1 Å². The lowest BCUT2D eigenvalue weighted by Gasteiger charge is -2.17. The summed E-state index contributed by atoms with van der Waals surface area (Å²) in [5.41, 5.74) is 7.89. The number of halogens is 1. The first-order chi connectivity index (χ1) is 11.9. The molecule has 0 fully saturated rings. The topological polar surface area (TPSA) is 94.2 Å². The van der Waals surface area contributed by atoms with E-state index in [-0.39, 0.29) is 5.88 Å². The molecule has 0 saturated carbocycles. The van der Waals surface area contributed by atoms with Crippen molar-refractivity contribution in [2.24, 2.45) is 0 Å². The van der Waals surface area contributed by atoms with Crippen LogP contribution in [-0.2, 0) is 5.75 Å². The van der Waals surface area contributed by atoms with Gasteiger partial charge in [-0.15, -0.1) is 0 Å². The van der Waals surface area contributed by atoms with E-state index >= 15 is 0 Å². The van der Waals surface area contributed by atoms with Gasteiger partial charge in [-0.3, -0.25) is 4.98 Å². The van der Waals surface area contributed by atoms with Crippen LogP contribution in [0.2, 0.25) is 5.02 Å². The zero-order chi connectivity index (χ0) is 18.4. The lowest BCUT2D eigenvalue weighted by Crippen LogP contribution is -2.33. The number of aromatic nitrogens is 3. The molecule has 2 N–H and O–H groups in total. The number of amides is 1. The molecule has 25 heavy (non-hydrogen) atoms. The number of carbonyl (C=O) groups excluding carboxylic acids is 1. The highest BCUT2D eigenvalue weighted by molar-refractivity contribution is 7.98. The molecule has 1 amide bonds. The predicted molar refractivity (Wildman–Crippen MR) is 98.9 cm³/mol. The maximum atomic E-state index is 12.1. The molecule has 0 aliphatic heterocycles. The highest BCUT2D eigenvalue weighted by Crippen LogP contribution is 2.29. The maximum Gasteiger partial charge on any atom is 0.416 e. The Hall–Kier alpha value is -2.06. The molecule has 0 unspecified atom stereocenters. The highest BCUT2D eigenvalue weighted by Gasteiger charge is 2.15. The molecular formula is C16H20ClN5O2S. The Morgan fingerprint density at radius 2 is 2.04 bits per heavy atom. The average Bonchev–Trinajstić information content (AvgIpc) is 2.55. The predicted octanol–water partition coefficient (Wildman–Crippen LogP) is 3.55. The van der Waals surface area contributed by atoms with Gasteiger partial charge in [-0.1, -0.05) is 23.4 Å². The monoisotopic (exact) mass is 381 g/mol. The third-order valence-corrected chi connectivity index (χ3v) is 4.61. The van der Waals surface area contributed by atoms with Gasteiger partial charge in [-0.2, -0.15) is 4.98 Å². The number of thioether (sulfide) groups is 1. The van der Waals surface area contributed by atoms with Crippen molar-refractivity contribution in [1.82, 2.24) is 19.9 Å². The van der Waals surface area contributed by atoms with E-state index in [2.05, 4.69) is 15.0 Å². The number of nitrogen functional groups attached to an aromatic ring is 1. The first-order valence-corrected chi connectivity index (χ1v) is 9.14. The molecule has 0 aliphatic carbocycles. The largest absolute Gasteiger partial charge is 0.416 e. The van der Waals surface area contributed by atoms with Crippen molar-refractivity contribution < 1.29 is 9.53 Å². The summed E-state index contributed by atoms with van der Waals surface area (Å²) in [6, 6.07) is 1.62. The smallest absolute Gasteiger partial charge is 0.397 e. The number of carbonyl (C=O) groups is 1. The fraction of sp³-hybridized carbons (Fsp3) is 0.375. The van der Waals surface area contributed by atoms with E-state index in [9.17, 15) is 4.79 Å². The van der Waals surface area contributed by atoms with Crippen LogP contribution in [0.4, 0.5) is 10.5 Å². The SMILES string of the molecule is CCN(CC)C(=O)Oc1cc(C)nc(SCc2c(N)cncc2Cl)n1. The number of nitrogens with zero attached hydrogens (tertiary/aromatic N) is 4. The van der Waals surface area contributed by atoms with E-state index < -0.39 is 6.09 Å². The molecule has 2 aromatic rings. The summed E-state index contributed by atoms with van der Waals surface area (Å²) < 4.78 is 5.34. The molecule has 2 aromatic heterocycles. The zero-order valence-electron chi connectivity index (χ0n) is 14.3. The van der Waals surface area contributed by atoms with Gasteiger partial charge in [-0.25, -0.2) is 9.78 Å². The van der Waals surface area contributed by atoms with Crippen LogP contribution in [0.1, 0.15) is 25.1 Å². The molecule has 2 heterocycles. The Balaban J connectivity index is 2.12. The van der Waals surface area contributed by atoms with Crippen LogP contribution >= 0.6 is 23.4 Å². The summed E-state index contributed by atoms with van der Waals surface area (Å²) in [5.74, 6) is 0.709. The van der Waals surface area contributed by atoms with Crippen molar-refractivity contribution in [1.29, 1.82) is 0 Å². The van der Waals surface area contributed by atoms with Gasteiger partial charge in [0.15, 0.2) is 5.16 Å². The highest BCUT2D eigenvalue weighted by atomic mass is 35.5. The first-order valence-electron chi connectivity index (χ1n) is 7.77. The molecule has 0 saturated heterocycles. The molecule has 9 heteroatoms. The number of nitrogens with two attached hydrogens (primary N) is 1. The minimum atomic E-state index is -0.430. The second-order valence-corrected chi connectivity index (χ2v) is 6.50. The summed E-state index contributed by atoms with van der Waals surface area (Å²) in [5, 5.41) is 0.975. The molecule has 0 bridgehead atoms. The van der Waals surface area contributed by atoms with Gasteiger partial charge in [0.05, 0.1) is 16.9 Å². The van der Waals surface area contributed by atoms with Crippen LogP contribution < -0.4 is 10.5 Å². The number of hydrogen-bond acceptors (Lipinski definition) is 7. The van der Waals surface area contributed by atoms with Crippen LogP contribution in [0.25, 0.3) is 0 Å². The van der Waals surface area contributed by atoms with Crippen molar-refractivity contribution in [3.63, 3.8) is 0 Å². The Labute approximate surface area is 156 Å². The molecule has 0 aliphatic rings. The van der Waals surface area contributed by atoms with Crippen molar-refractivity contribution in [2.45, 2.75) is 31.7 Å². The lowest BCUT2D eigenvalue weighted by molar-refractivity contribution is 0.155. The fourth-order valence-corrected chi connectivity index (χ4v) is 3.30. The molecule has 2 rings (SSSR count). The summed E-state index contributed by atoms with van der Waals surface area (Å²) in [4.78, 5) is 26.2. The Morgan fingerprint density at radius 1 is 1.32 bits per heavy atom. The number of rotatable bonds is 6. The molecule has 0 aromatic carbocycles. The molecule has 7 nitrogen and oxygen atoms in total. The van der Waals surface area contributed by atoms with Gasteiger partial charge in [0.2, 0.25) is 5.88 Å². The van der Waals surface area contributed by atoms with Gasteiger partial charge in [-0.05, 0) is 20.8 Å². The summed E-state index contributed by atoms with van der Waals surface area (Å²) >= 11 is 7.48. The average molecular weight is 382 g/mol. The van der Waals surface area contributed by atoms with E-state index in [0.29, 0.717) is 40.4 Å². The first kappa shape index (κ1) is 19.3. The summed E-state index contributed by atoms with van der Waals surface area (Å²) in [6.45, 7) is 6.73. The second-order valence-electron chi connectivity index (χ2n) is 5.15. The fourth-order valence-electron chi connectivity index (χ4n) is 2.03. The Bertz CT molecular complexity index is 735. The normalized spacial score (nSPS) is 10.6. The molecule has 134 valence electrons. The number of pyridine rings is 1. The molecular weight excluding hydrogens is 362 g/mol. The second kappa shape index (κ2) is 8.87. The van der Waals surface area contributed by atoms with Crippen molar-refractivity contribution in [3.05, 3.63) is 34.7 Å². The Morgan fingerprint density at radius 3 is 2.68 bits per heavy atom. The number of anilines is 1. The number of ether oxygens (including phenoxy) is 1. The quantitative estimate of drug-likeness (QED) is 0.603. The van der Waals surface area contributed by atoms with Gasteiger partial charge in [0.1, 0.15) is 0 Å². The van der Waals surface area contributed by atoms with Crippen LogP contribution in [-0.4, -0.2) is 39.0 Å². The minimum Gasteiger partial charge on any atom is -0.397 e. The third kappa shape index (κ3) is 5.20. The zero-order valence-corrected chi connectivity index (χ0v) is 15.9. The van der Waals surface area contributed by atoms with E-state index in [1.807, 2.05) is 20.8 Å². The van der Waals surface area contributed by atoms with E-state index in [1.165, 1.54) is 11.8 Å². The van der Waals surface area contributed by atoms with Gasteiger partial charge in [0.25, 0.3) is 0 Å². The van der Waals surface area contributed by atoms with Gasteiger partial charge < -0.3 is 15.4 Å². The Kier molecular flexibility index (Phi) is 6.83. The van der Waals surface area contributed by atoms with E-state index in [1.54, 1.807) is 23.4 Å². The van der Waals surface area contributed by atoms with Crippen molar-refractivity contribution >= 4 is 35.1 Å². The summed E-state index contributed by atoms with van der Waals surface area (Å²) in [6.07, 6.45) is 2.67. The molecule has 0 atom stereocenters. The summed E-state index contributed by atoms with van der Waals surface area (Å²) in [7, 11) is 0. The minimum absolute atomic E-state index is 0.223. The number of hydrogen-bond donors (Lipinski definition) is 1. The molecule has 0 radical (unpaired) electrons. The lowest BCUT2D eigenvalue weighted by atomic mass is 10.2. The van der Waals surface area contributed by atoms with Gasteiger partial charge >= 0.3 is 6.09 Å².